The van der Waals surface area contributed by atoms with Crippen molar-refractivity contribution in [1.82, 2.24) is 9.80 Å². The Morgan fingerprint density at radius 2 is 1.42 bits per heavy atom. The van der Waals surface area contributed by atoms with Crippen LogP contribution in [0.25, 0.3) is 6.08 Å². The standard InChI is InChI=1S/C41H43F4N3O2/c1-2-3-5-10-31-15-17-34(18-16-31)30-48(39(49)24-21-32-19-22-35(23-20-32)41(43,44)45)38(29-33-11-6-4-7-12-33)40(50)47-27-25-46(26-28-47)37-14-9-8-13-36(37)42/h4,6-9,11-24,38H,2-3,5,10,25-30H2,1H3/t38-/m0/s1. The average Bonchev–Trinajstić information content (AvgIpc) is 3.13. The minimum atomic E-state index is -4.47. The number of carbonyl (C=O) groups excluding carboxylic acids is 2. The normalized spacial score (nSPS) is 14.2. The second-order valence-corrected chi connectivity index (χ2v) is 12.7. The van der Waals surface area contributed by atoms with E-state index in [-0.39, 0.29) is 24.7 Å². The van der Waals surface area contributed by atoms with Crippen molar-refractivity contribution >= 4 is 23.6 Å². The quantitative estimate of drug-likeness (QED) is 0.0805. The van der Waals surface area contributed by atoms with Crippen LogP contribution in [0.15, 0.2) is 109 Å². The molecule has 4 aromatic carbocycles. The molecule has 262 valence electrons. The summed E-state index contributed by atoms with van der Waals surface area (Å²) in [6, 6.07) is 27.9. The van der Waals surface area contributed by atoms with Crippen molar-refractivity contribution in [3.05, 3.63) is 143 Å². The number of benzene rings is 4. The van der Waals surface area contributed by atoms with Gasteiger partial charge in [-0.1, -0.05) is 98.6 Å². The van der Waals surface area contributed by atoms with Gasteiger partial charge in [-0.05, 0) is 65.4 Å². The summed E-state index contributed by atoms with van der Waals surface area (Å²) in [6.45, 7) is 3.90. The molecule has 1 aliphatic rings. The molecule has 5 nitrogen and oxygen atoms in total. The van der Waals surface area contributed by atoms with E-state index < -0.39 is 23.7 Å². The van der Waals surface area contributed by atoms with E-state index in [0.29, 0.717) is 37.4 Å². The fourth-order valence-electron chi connectivity index (χ4n) is 6.23. The maximum absolute atomic E-state index is 14.5. The average molecular weight is 686 g/mol. The number of hydrogen-bond acceptors (Lipinski definition) is 3. The van der Waals surface area contributed by atoms with Crippen LogP contribution in [0.4, 0.5) is 23.2 Å². The van der Waals surface area contributed by atoms with Gasteiger partial charge in [0.05, 0.1) is 11.3 Å². The van der Waals surface area contributed by atoms with Gasteiger partial charge >= 0.3 is 6.18 Å². The van der Waals surface area contributed by atoms with Crippen molar-refractivity contribution in [3.8, 4) is 0 Å². The molecule has 0 saturated carbocycles. The summed E-state index contributed by atoms with van der Waals surface area (Å²) >= 11 is 0. The number of halogens is 4. The minimum Gasteiger partial charge on any atom is -0.366 e. The monoisotopic (exact) mass is 685 g/mol. The highest BCUT2D eigenvalue weighted by atomic mass is 19.4. The number of para-hydroxylation sites is 1. The van der Waals surface area contributed by atoms with Crippen LogP contribution in [0.5, 0.6) is 0 Å². The van der Waals surface area contributed by atoms with E-state index in [1.165, 1.54) is 35.9 Å². The van der Waals surface area contributed by atoms with Gasteiger partial charge < -0.3 is 14.7 Å². The SMILES string of the molecule is CCCCCc1ccc(CN(C(=O)C=Cc2ccc(C(F)(F)F)cc2)[C@@H](Cc2ccccc2)C(=O)N2CCN(c3ccccc3F)CC2)cc1. The van der Waals surface area contributed by atoms with Crippen LogP contribution in [0.3, 0.4) is 0 Å². The van der Waals surface area contributed by atoms with Crippen molar-refractivity contribution in [3.63, 3.8) is 0 Å². The maximum Gasteiger partial charge on any atom is 0.416 e. The van der Waals surface area contributed by atoms with Gasteiger partial charge in [0, 0.05) is 45.2 Å². The number of rotatable bonds is 13. The lowest BCUT2D eigenvalue weighted by molar-refractivity contribution is -0.144. The van der Waals surface area contributed by atoms with E-state index >= 15 is 0 Å². The topological polar surface area (TPSA) is 43.9 Å². The van der Waals surface area contributed by atoms with Gasteiger partial charge in [0.15, 0.2) is 0 Å². The van der Waals surface area contributed by atoms with Crippen molar-refractivity contribution in [1.29, 1.82) is 0 Å². The maximum atomic E-state index is 14.5. The van der Waals surface area contributed by atoms with E-state index in [1.54, 1.807) is 28.0 Å². The van der Waals surface area contributed by atoms with Crippen molar-refractivity contribution in [2.75, 3.05) is 31.1 Å². The van der Waals surface area contributed by atoms with Gasteiger partial charge in [-0.3, -0.25) is 9.59 Å². The van der Waals surface area contributed by atoms with E-state index in [9.17, 15) is 27.2 Å². The van der Waals surface area contributed by atoms with Crippen molar-refractivity contribution < 1.29 is 27.2 Å². The van der Waals surface area contributed by atoms with Crippen molar-refractivity contribution in [2.24, 2.45) is 0 Å². The molecule has 2 amide bonds. The number of carbonyl (C=O) groups is 2. The summed E-state index contributed by atoms with van der Waals surface area (Å²) in [5.41, 5.74) is 3.08. The Balaban J connectivity index is 1.43. The number of anilines is 1. The molecule has 0 bridgehead atoms. The number of nitrogens with zero attached hydrogens (tertiary/aromatic N) is 3. The number of alkyl halides is 3. The van der Waals surface area contributed by atoms with E-state index in [1.807, 2.05) is 47.4 Å². The molecule has 0 N–H and O–H groups in total. The molecular weight excluding hydrogens is 642 g/mol. The summed E-state index contributed by atoms with van der Waals surface area (Å²) in [7, 11) is 0. The Kier molecular flexibility index (Phi) is 12.5. The van der Waals surface area contributed by atoms with Crippen molar-refractivity contribution in [2.45, 2.75) is 57.8 Å². The fourth-order valence-corrected chi connectivity index (χ4v) is 6.23. The summed E-state index contributed by atoms with van der Waals surface area (Å²) in [5, 5.41) is 0. The van der Waals surface area contributed by atoms with Gasteiger partial charge in [0.25, 0.3) is 0 Å². The lowest BCUT2D eigenvalue weighted by Gasteiger charge is -2.40. The lowest BCUT2D eigenvalue weighted by Crippen LogP contribution is -2.56. The number of piperazine rings is 1. The summed E-state index contributed by atoms with van der Waals surface area (Å²) < 4.78 is 54.0. The van der Waals surface area contributed by atoms with E-state index in [0.717, 1.165) is 48.9 Å². The molecule has 1 atom stereocenters. The molecule has 1 saturated heterocycles. The summed E-state index contributed by atoms with van der Waals surface area (Å²) in [4.78, 5) is 33.8. The number of aryl methyl sites for hydroxylation is 1. The predicted octanol–water partition coefficient (Wildman–Crippen LogP) is 8.58. The van der Waals surface area contributed by atoms with Gasteiger partial charge in [0.2, 0.25) is 11.8 Å². The fraction of sp³-hybridized carbons (Fsp3) is 0.317. The third-order valence-electron chi connectivity index (χ3n) is 9.10. The zero-order chi connectivity index (χ0) is 35.5. The number of hydrogen-bond donors (Lipinski definition) is 0. The lowest BCUT2D eigenvalue weighted by atomic mass is 10.0. The first-order valence-corrected chi connectivity index (χ1v) is 17.2. The van der Waals surface area contributed by atoms with Gasteiger partial charge in [-0.25, -0.2) is 4.39 Å². The smallest absolute Gasteiger partial charge is 0.366 e. The molecule has 0 unspecified atom stereocenters. The molecule has 1 fully saturated rings. The highest BCUT2D eigenvalue weighted by Gasteiger charge is 2.34. The summed E-state index contributed by atoms with van der Waals surface area (Å²) in [6.07, 6.45) is 2.92. The first-order valence-electron chi connectivity index (χ1n) is 17.2. The molecule has 9 heteroatoms. The van der Waals surface area contributed by atoms with Crippen LogP contribution < -0.4 is 4.90 Å². The number of amides is 2. The molecule has 0 aromatic heterocycles. The molecule has 0 spiro atoms. The molecule has 0 aliphatic carbocycles. The summed E-state index contributed by atoms with van der Waals surface area (Å²) in [5.74, 6) is -0.965. The molecule has 50 heavy (non-hydrogen) atoms. The Hall–Kier alpha value is -4.92. The zero-order valence-electron chi connectivity index (χ0n) is 28.3. The first kappa shape index (κ1) is 36.4. The molecular formula is C41H43F4N3O2. The Morgan fingerprint density at radius 1 is 0.780 bits per heavy atom. The van der Waals surface area contributed by atoms with Gasteiger partial charge in [0.1, 0.15) is 11.9 Å². The zero-order valence-corrected chi connectivity index (χ0v) is 28.3. The molecule has 5 rings (SSSR count). The highest BCUT2D eigenvalue weighted by Crippen LogP contribution is 2.29. The highest BCUT2D eigenvalue weighted by molar-refractivity contribution is 5.96. The predicted molar refractivity (Wildman–Crippen MR) is 190 cm³/mol. The minimum absolute atomic E-state index is 0.157. The van der Waals surface area contributed by atoms with Crippen LogP contribution in [0, 0.1) is 5.82 Å². The number of unbranched alkanes of at least 4 members (excludes halogenated alkanes) is 2. The van der Waals surface area contributed by atoms with E-state index in [2.05, 4.69) is 19.1 Å². The molecule has 1 aliphatic heterocycles. The molecule has 0 radical (unpaired) electrons. The van der Waals surface area contributed by atoms with Crippen LogP contribution in [0.1, 0.15) is 54.0 Å². The van der Waals surface area contributed by atoms with Crippen LogP contribution in [0.2, 0.25) is 0 Å². The second-order valence-electron chi connectivity index (χ2n) is 12.7. The van der Waals surface area contributed by atoms with Crippen LogP contribution >= 0.6 is 0 Å². The second kappa shape index (κ2) is 17.1. The van der Waals surface area contributed by atoms with Crippen LogP contribution in [-0.2, 0) is 35.2 Å². The Morgan fingerprint density at radius 3 is 2.06 bits per heavy atom. The largest absolute Gasteiger partial charge is 0.416 e. The first-order chi connectivity index (χ1) is 24.1. The Bertz CT molecular complexity index is 1720. The van der Waals surface area contributed by atoms with Gasteiger partial charge in [-0.15, -0.1) is 0 Å². The van der Waals surface area contributed by atoms with Crippen LogP contribution in [-0.4, -0.2) is 53.8 Å². The molecule has 4 aromatic rings. The van der Waals surface area contributed by atoms with E-state index in [4.69, 9.17) is 0 Å². The third kappa shape index (κ3) is 9.83. The third-order valence-corrected chi connectivity index (χ3v) is 9.10. The Labute approximate surface area is 291 Å². The molecule has 1 heterocycles. The van der Waals surface area contributed by atoms with Gasteiger partial charge in [-0.2, -0.15) is 13.2 Å².